The second-order valence-corrected chi connectivity index (χ2v) is 4.46. The van der Waals surface area contributed by atoms with E-state index in [-0.39, 0.29) is 5.91 Å². The first-order chi connectivity index (χ1) is 7.58. The topological polar surface area (TPSA) is 20.3 Å². The van der Waals surface area contributed by atoms with Gasteiger partial charge in [-0.2, -0.15) is 0 Å². The molecule has 1 amide bonds. The van der Waals surface area contributed by atoms with E-state index < -0.39 is 0 Å². The summed E-state index contributed by atoms with van der Waals surface area (Å²) in [5, 5.41) is 0. The minimum atomic E-state index is -0.0233. The maximum atomic E-state index is 12.1. The van der Waals surface area contributed by atoms with Crippen molar-refractivity contribution in [2.75, 3.05) is 13.1 Å². The van der Waals surface area contributed by atoms with Crippen LogP contribution in [0.1, 0.15) is 22.8 Å². The van der Waals surface area contributed by atoms with Crippen LogP contribution < -0.4 is 0 Å². The normalized spacial score (nSPS) is 9.62. The van der Waals surface area contributed by atoms with Crippen LogP contribution in [0.2, 0.25) is 0 Å². The molecule has 0 spiro atoms. The van der Waals surface area contributed by atoms with E-state index in [1.165, 1.54) is 0 Å². The van der Waals surface area contributed by atoms with Gasteiger partial charge in [0.15, 0.2) is 0 Å². The van der Waals surface area contributed by atoms with Crippen LogP contribution in [-0.2, 0) is 0 Å². The van der Waals surface area contributed by atoms with E-state index in [0.29, 0.717) is 18.7 Å². The predicted octanol–water partition coefficient (Wildman–Crippen LogP) is 2.85. The number of aryl methyl sites for hydroxylation is 1. The highest BCUT2D eigenvalue weighted by molar-refractivity contribution is 9.10. The molecule has 0 aliphatic carbocycles. The first-order valence-corrected chi connectivity index (χ1v) is 5.87. The molecule has 2 nitrogen and oxygen atoms in total. The van der Waals surface area contributed by atoms with Crippen molar-refractivity contribution in [1.29, 1.82) is 0 Å². The van der Waals surface area contributed by atoms with Crippen molar-refractivity contribution in [1.82, 2.24) is 4.90 Å². The summed E-state index contributed by atoms with van der Waals surface area (Å²) in [6, 6.07) is 5.65. The fourth-order valence-corrected chi connectivity index (χ4v) is 2.09. The number of carbonyl (C=O) groups excluding carboxylic acids is 1. The zero-order valence-electron chi connectivity index (χ0n) is 9.46. The van der Waals surface area contributed by atoms with Crippen molar-refractivity contribution in [2.24, 2.45) is 0 Å². The van der Waals surface area contributed by atoms with Gasteiger partial charge in [0, 0.05) is 16.6 Å². The second-order valence-electron chi connectivity index (χ2n) is 3.54. The third-order valence-corrected chi connectivity index (χ3v) is 2.70. The van der Waals surface area contributed by atoms with Gasteiger partial charge in [-0.25, -0.2) is 0 Å². The molecule has 0 aliphatic rings. The van der Waals surface area contributed by atoms with Gasteiger partial charge in [0.25, 0.3) is 5.91 Å². The van der Waals surface area contributed by atoms with Gasteiger partial charge in [-0.3, -0.25) is 4.79 Å². The Hall–Kier alpha value is -1.27. The minimum absolute atomic E-state index is 0.0233. The van der Waals surface area contributed by atoms with Crippen molar-refractivity contribution >= 4 is 21.8 Å². The summed E-state index contributed by atoms with van der Waals surface area (Å²) < 4.78 is 0.910. The average molecular weight is 280 g/mol. The van der Waals surface area contributed by atoms with Crippen LogP contribution in [0, 0.1) is 19.3 Å². The summed E-state index contributed by atoms with van der Waals surface area (Å²) in [7, 11) is 0. The van der Waals surface area contributed by atoms with E-state index in [4.69, 9.17) is 6.42 Å². The van der Waals surface area contributed by atoms with E-state index in [2.05, 4.69) is 21.9 Å². The third-order valence-electron chi connectivity index (χ3n) is 2.24. The molecule has 0 N–H and O–H groups in total. The van der Waals surface area contributed by atoms with Gasteiger partial charge >= 0.3 is 0 Å². The molecule has 0 saturated carbocycles. The molecular formula is C13H14BrNO. The Balaban J connectivity index is 2.99. The molecule has 0 saturated heterocycles. The van der Waals surface area contributed by atoms with Crippen LogP contribution in [-0.4, -0.2) is 23.9 Å². The molecule has 0 aliphatic heterocycles. The quantitative estimate of drug-likeness (QED) is 0.780. The van der Waals surface area contributed by atoms with Gasteiger partial charge in [0.2, 0.25) is 0 Å². The van der Waals surface area contributed by atoms with E-state index in [0.717, 1.165) is 10.0 Å². The molecular weight excluding hydrogens is 266 g/mol. The molecule has 0 atom stereocenters. The zero-order chi connectivity index (χ0) is 12.1. The highest BCUT2D eigenvalue weighted by Crippen LogP contribution is 2.16. The van der Waals surface area contributed by atoms with E-state index in [1.54, 1.807) is 4.90 Å². The number of rotatable bonds is 3. The van der Waals surface area contributed by atoms with Crippen LogP contribution in [0.15, 0.2) is 22.7 Å². The molecule has 0 aromatic heterocycles. The van der Waals surface area contributed by atoms with Gasteiger partial charge in [0.05, 0.1) is 6.54 Å². The highest BCUT2D eigenvalue weighted by atomic mass is 79.9. The number of hydrogen-bond acceptors (Lipinski definition) is 1. The van der Waals surface area contributed by atoms with Gasteiger partial charge in [-0.1, -0.05) is 21.9 Å². The molecule has 3 heteroatoms. The highest BCUT2D eigenvalue weighted by Gasteiger charge is 2.13. The Kier molecular flexibility index (Phi) is 4.57. The summed E-state index contributed by atoms with van der Waals surface area (Å²) in [5.41, 5.74) is 1.72. The van der Waals surface area contributed by atoms with Crippen LogP contribution >= 0.6 is 15.9 Å². The summed E-state index contributed by atoms with van der Waals surface area (Å²) >= 11 is 3.38. The smallest absolute Gasteiger partial charge is 0.254 e. The summed E-state index contributed by atoms with van der Waals surface area (Å²) in [5.74, 6) is 2.47. The first kappa shape index (κ1) is 12.8. The van der Waals surface area contributed by atoms with Crippen molar-refractivity contribution < 1.29 is 4.79 Å². The Morgan fingerprint density at radius 1 is 1.50 bits per heavy atom. The predicted molar refractivity (Wildman–Crippen MR) is 69.3 cm³/mol. The standard InChI is InChI=1S/C13H14BrNO/c1-4-6-15(5-2)13(16)11-7-10(3)8-12(14)9-11/h1,7-9H,5-6H2,2-3H3. The fourth-order valence-electron chi connectivity index (χ4n) is 1.48. The Morgan fingerprint density at radius 2 is 2.19 bits per heavy atom. The fraction of sp³-hybridized carbons (Fsp3) is 0.308. The van der Waals surface area contributed by atoms with Crippen molar-refractivity contribution in [2.45, 2.75) is 13.8 Å². The van der Waals surface area contributed by atoms with Crippen molar-refractivity contribution in [3.05, 3.63) is 33.8 Å². The monoisotopic (exact) mass is 279 g/mol. The van der Waals surface area contributed by atoms with E-state index in [1.807, 2.05) is 32.0 Å². The summed E-state index contributed by atoms with van der Waals surface area (Å²) in [4.78, 5) is 13.7. The average Bonchev–Trinajstić information content (AvgIpc) is 2.23. The van der Waals surface area contributed by atoms with Crippen molar-refractivity contribution in [3.63, 3.8) is 0 Å². The number of carbonyl (C=O) groups is 1. The van der Waals surface area contributed by atoms with Crippen molar-refractivity contribution in [3.8, 4) is 12.3 Å². The molecule has 0 fully saturated rings. The van der Waals surface area contributed by atoms with Crippen LogP contribution in [0.5, 0.6) is 0 Å². The number of benzene rings is 1. The summed E-state index contributed by atoms with van der Waals surface area (Å²) in [6.45, 7) is 4.84. The maximum absolute atomic E-state index is 12.1. The Bertz CT molecular complexity index is 414. The van der Waals surface area contributed by atoms with Crippen LogP contribution in [0.4, 0.5) is 0 Å². The molecule has 16 heavy (non-hydrogen) atoms. The number of terminal acetylenes is 1. The Morgan fingerprint density at radius 3 is 2.69 bits per heavy atom. The van der Waals surface area contributed by atoms with E-state index in [9.17, 15) is 4.79 Å². The molecule has 1 rings (SSSR count). The summed E-state index contributed by atoms with van der Waals surface area (Å²) in [6.07, 6.45) is 5.23. The second kappa shape index (κ2) is 5.72. The molecule has 0 radical (unpaired) electrons. The van der Waals surface area contributed by atoms with Gasteiger partial charge in [-0.05, 0) is 37.6 Å². The molecule has 0 heterocycles. The SMILES string of the molecule is C#CCN(CC)C(=O)c1cc(C)cc(Br)c1. The Labute approximate surface area is 105 Å². The number of nitrogens with zero attached hydrogens (tertiary/aromatic N) is 1. The lowest BCUT2D eigenvalue weighted by molar-refractivity contribution is 0.0785. The van der Waals surface area contributed by atoms with Gasteiger partial charge in [-0.15, -0.1) is 6.42 Å². The zero-order valence-corrected chi connectivity index (χ0v) is 11.0. The first-order valence-electron chi connectivity index (χ1n) is 5.08. The minimum Gasteiger partial charge on any atom is -0.328 e. The molecule has 0 bridgehead atoms. The maximum Gasteiger partial charge on any atom is 0.254 e. The number of hydrogen-bond donors (Lipinski definition) is 0. The number of amides is 1. The molecule has 0 unspecified atom stereocenters. The molecule has 1 aromatic carbocycles. The number of halogens is 1. The van der Waals surface area contributed by atoms with Crippen LogP contribution in [0.25, 0.3) is 0 Å². The van der Waals surface area contributed by atoms with E-state index >= 15 is 0 Å². The lowest BCUT2D eigenvalue weighted by atomic mass is 10.1. The largest absolute Gasteiger partial charge is 0.328 e. The van der Waals surface area contributed by atoms with Gasteiger partial charge in [0.1, 0.15) is 0 Å². The van der Waals surface area contributed by atoms with Crippen LogP contribution in [0.3, 0.4) is 0 Å². The lowest BCUT2D eigenvalue weighted by Crippen LogP contribution is -2.31. The lowest BCUT2D eigenvalue weighted by Gasteiger charge is -2.18. The third kappa shape index (κ3) is 3.11. The molecule has 84 valence electrons. The molecule has 1 aromatic rings. The van der Waals surface area contributed by atoms with Gasteiger partial charge < -0.3 is 4.90 Å².